The number of pyridine rings is 1. The van der Waals surface area contributed by atoms with Gasteiger partial charge in [-0.3, -0.25) is 4.79 Å². The van der Waals surface area contributed by atoms with Crippen LogP contribution >= 0.6 is 11.3 Å². The van der Waals surface area contributed by atoms with Gasteiger partial charge in [0, 0.05) is 17.0 Å². The number of aromatic nitrogens is 1. The van der Waals surface area contributed by atoms with Crippen LogP contribution in [0.2, 0.25) is 0 Å². The first-order valence-corrected chi connectivity index (χ1v) is 7.87. The highest BCUT2D eigenvalue weighted by Gasteiger charge is 2.07. The molecule has 0 aliphatic heterocycles. The minimum absolute atomic E-state index is 0.0397. The van der Waals surface area contributed by atoms with E-state index in [2.05, 4.69) is 43.5 Å². The molecule has 3 heteroatoms. The SMILES string of the molecule is Cc1cc(C)cc(Cn2c(-c3ccsc3)cccc2=O)c1. The van der Waals surface area contributed by atoms with Gasteiger partial charge in [-0.25, -0.2) is 0 Å². The van der Waals surface area contributed by atoms with E-state index < -0.39 is 0 Å². The summed E-state index contributed by atoms with van der Waals surface area (Å²) >= 11 is 1.64. The number of rotatable bonds is 3. The highest BCUT2D eigenvalue weighted by molar-refractivity contribution is 7.08. The van der Waals surface area contributed by atoms with E-state index in [1.807, 2.05) is 22.1 Å². The Kier molecular flexibility index (Phi) is 3.76. The van der Waals surface area contributed by atoms with Gasteiger partial charge in [-0.05, 0) is 36.9 Å². The van der Waals surface area contributed by atoms with Crippen molar-refractivity contribution in [1.82, 2.24) is 4.57 Å². The molecule has 2 aromatic heterocycles. The zero-order valence-corrected chi connectivity index (χ0v) is 13.0. The third-order valence-electron chi connectivity index (χ3n) is 3.49. The van der Waals surface area contributed by atoms with Crippen LogP contribution in [0.5, 0.6) is 0 Å². The van der Waals surface area contributed by atoms with Crippen LogP contribution < -0.4 is 5.56 Å². The van der Waals surface area contributed by atoms with Crippen molar-refractivity contribution in [1.29, 1.82) is 0 Å². The monoisotopic (exact) mass is 295 g/mol. The number of hydrogen-bond acceptors (Lipinski definition) is 2. The predicted octanol–water partition coefficient (Wildman–Crippen LogP) is 4.24. The number of thiophene rings is 1. The molecule has 3 rings (SSSR count). The summed E-state index contributed by atoms with van der Waals surface area (Å²) in [7, 11) is 0. The molecule has 0 spiro atoms. The summed E-state index contributed by atoms with van der Waals surface area (Å²) in [5.74, 6) is 0. The van der Waals surface area contributed by atoms with Gasteiger partial charge in [-0.15, -0.1) is 0 Å². The van der Waals surface area contributed by atoms with Crippen LogP contribution in [-0.4, -0.2) is 4.57 Å². The van der Waals surface area contributed by atoms with Gasteiger partial charge in [-0.1, -0.05) is 35.4 Å². The number of aryl methyl sites for hydroxylation is 2. The molecule has 0 saturated heterocycles. The lowest BCUT2D eigenvalue weighted by molar-refractivity contribution is 0.767. The van der Waals surface area contributed by atoms with E-state index in [1.165, 1.54) is 11.1 Å². The summed E-state index contributed by atoms with van der Waals surface area (Å²) in [6.45, 7) is 4.78. The second kappa shape index (κ2) is 5.70. The normalized spacial score (nSPS) is 10.8. The molecule has 0 amide bonds. The van der Waals surface area contributed by atoms with Gasteiger partial charge in [0.25, 0.3) is 5.56 Å². The third-order valence-corrected chi connectivity index (χ3v) is 4.17. The van der Waals surface area contributed by atoms with Crippen LogP contribution in [0.15, 0.2) is 58.0 Å². The van der Waals surface area contributed by atoms with Crippen LogP contribution in [0.4, 0.5) is 0 Å². The van der Waals surface area contributed by atoms with Crippen molar-refractivity contribution < 1.29 is 0 Å². The van der Waals surface area contributed by atoms with E-state index >= 15 is 0 Å². The summed E-state index contributed by atoms with van der Waals surface area (Å²) in [5.41, 5.74) is 5.73. The molecular weight excluding hydrogens is 278 g/mol. The number of benzene rings is 1. The van der Waals surface area contributed by atoms with Crippen LogP contribution in [0.1, 0.15) is 16.7 Å². The lowest BCUT2D eigenvalue weighted by Gasteiger charge is -2.13. The van der Waals surface area contributed by atoms with E-state index in [0.29, 0.717) is 6.54 Å². The first-order chi connectivity index (χ1) is 10.1. The summed E-state index contributed by atoms with van der Waals surface area (Å²) in [4.78, 5) is 12.3. The molecular formula is C18H17NOS. The van der Waals surface area contributed by atoms with E-state index in [4.69, 9.17) is 0 Å². The minimum Gasteiger partial charge on any atom is -0.304 e. The van der Waals surface area contributed by atoms with Crippen molar-refractivity contribution in [2.24, 2.45) is 0 Å². The zero-order chi connectivity index (χ0) is 14.8. The van der Waals surface area contributed by atoms with Gasteiger partial charge < -0.3 is 4.57 Å². The summed E-state index contributed by atoms with van der Waals surface area (Å²) in [6.07, 6.45) is 0. The van der Waals surface area contributed by atoms with E-state index in [1.54, 1.807) is 17.4 Å². The van der Waals surface area contributed by atoms with Gasteiger partial charge in [0.1, 0.15) is 0 Å². The summed E-state index contributed by atoms with van der Waals surface area (Å²) in [5, 5.41) is 4.11. The zero-order valence-electron chi connectivity index (χ0n) is 12.2. The molecule has 0 fully saturated rings. The second-order valence-corrected chi connectivity index (χ2v) is 6.12. The first kappa shape index (κ1) is 13.8. The maximum atomic E-state index is 12.3. The fraction of sp³-hybridized carbons (Fsp3) is 0.167. The summed E-state index contributed by atoms with van der Waals surface area (Å²) < 4.78 is 1.84. The minimum atomic E-state index is 0.0397. The molecule has 2 heterocycles. The molecule has 3 aromatic rings. The Labute approximate surface area is 128 Å². The first-order valence-electron chi connectivity index (χ1n) is 6.93. The Bertz CT molecular complexity index is 795. The fourth-order valence-corrected chi connectivity index (χ4v) is 3.34. The predicted molar refractivity (Wildman–Crippen MR) is 89.0 cm³/mol. The van der Waals surface area contributed by atoms with Crippen LogP contribution in [0, 0.1) is 13.8 Å². The molecule has 0 unspecified atom stereocenters. The average Bonchev–Trinajstić information content (AvgIpc) is 2.94. The van der Waals surface area contributed by atoms with Crippen molar-refractivity contribution in [2.45, 2.75) is 20.4 Å². The highest BCUT2D eigenvalue weighted by Crippen LogP contribution is 2.21. The van der Waals surface area contributed by atoms with E-state index in [-0.39, 0.29) is 5.56 Å². The fourth-order valence-electron chi connectivity index (χ4n) is 2.69. The molecule has 0 N–H and O–H groups in total. The quantitative estimate of drug-likeness (QED) is 0.708. The van der Waals surface area contributed by atoms with Crippen molar-refractivity contribution in [3.63, 3.8) is 0 Å². The van der Waals surface area contributed by atoms with Crippen LogP contribution in [0.25, 0.3) is 11.3 Å². The third kappa shape index (κ3) is 2.98. The molecule has 0 aliphatic carbocycles. The summed E-state index contributed by atoms with van der Waals surface area (Å²) in [6, 6.07) is 13.9. The van der Waals surface area contributed by atoms with Crippen molar-refractivity contribution in [2.75, 3.05) is 0 Å². The number of nitrogens with zero attached hydrogens (tertiary/aromatic N) is 1. The lowest BCUT2D eigenvalue weighted by atomic mass is 10.1. The molecule has 0 bridgehead atoms. The van der Waals surface area contributed by atoms with Crippen molar-refractivity contribution in [3.8, 4) is 11.3 Å². The molecule has 0 atom stereocenters. The Morgan fingerprint density at radius 3 is 2.48 bits per heavy atom. The second-order valence-electron chi connectivity index (χ2n) is 5.34. The van der Waals surface area contributed by atoms with Gasteiger partial charge in [-0.2, -0.15) is 11.3 Å². The smallest absolute Gasteiger partial charge is 0.251 e. The van der Waals surface area contributed by atoms with Gasteiger partial charge in [0.2, 0.25) is 0 Å². The Balaban J connectivity index is 2.08. The average molecular weight is 295 g/mol. The van der Waals surface area contributed by atoms with Crippen LogP contribution in [-0.2, 0) is 6.54 Å². The van der Waals surface area contributed by atoms with Gasteiger partial charge >= 0.3 is 0 Å². The Morgan fingerprint density at radius 1 is 1.05 bits per heavy atom. The maximum Gasteiger partial charge on any atom is 0.251 e. The topological polar surface area (TPSA) is 22.0 Å². The van der Waals surface area contributed by atoms with E-state index in [0.717, 1.165) is 16.8 Å². The molecule has 1 aromatic carbocycles. The maximum absolute atomic E-state index is 12.3. The standard InChI is InChI=1S/C18H17NOS/c1-13-8-14(2)10-15(9-13)11-19-17(4-3-5-18(19)20)16-6-7-21-12-16/h3-10,12H,11H2,1-2H3. The van der Waals surface area contributed by atoms with E-state index in [9.17, 15) is 4.79 Å². The molecule has 0 aliphatic rings. The molecule has 21 heavy (non-hydrogen) atoms. The largest absolute Gasteiger partial charge is 0.304 e. The molecule has 106 valence electrons. The van der Waals surface area contributed by atoms with Crippen molar-refractivity contribution in [3.05, 3.63) is 80.3 Å². The van der Waals surface area contributed by atoms with Gasteiger partial charge in [0.15, 0.2) is 0 Å². The molecule has 2 nitrogen and oxygen atoms in total. The van der Waals surface area contributed by atoms with Gasteiger partial charge in [0.05, 0.1) is 12.2 Å². The lowest BCUT2D eigenvalue weighted by Crippen LogP contribution is -2.21. The molecule has 0 saturated carbocycles. The number of hydrogen-bond donors (Lipinski definition) is 0. The van der Waals surface area contributed by atoms with Crippen molar-refractivity contribution >= 4 is 11.3 Å². The molecule has 0 radical (unpaired) electrons. The van der Waals surface area contributed by atoms with Crippen LogP contribution in [0.3, 0.4) is 0 Å². The Hall–Kier alpha value is -2.13. The highest BCUT2D eigenvalue weighted by atomic mass is 32.1. The Morgan fingerprint density at radius 2 is 1.81 bits per heavy atom.